The average molecular weight is 708 g/mol. The number of ether oxygens (including phenoxy) is 2. The third-order valence-electron chi connectivity index (χ3n) is 6.34. The van der Waals surface area contributed by atoms with E-state index in [4.69, 9.17) is 9.47 Å². The van der Waals surface area contributed by atoms with Gasteiger partial charge < -0.3 is 9.47 Å². The van der Waals surface area contributed by atoms with Gasteiger partial charge in [0, 0.05) is 40.2 Å². The summed E-state index contributed by atoms with van der Waals surface area (Å²) >= 11 is 14.3. The predicted octanol–water partition coefficient (Wildman–Crippen LogP) is 7.71. The predicted molar refractivity (Wildman–Crippen MR) is 142 cm³/mol. The van der Waals surface area contributed by atoms with Gasteiger partial charge in [0.25, 0.3) is 0 Å². The molecule has 0 radical (unpaired) electrons. The Labute approximate surface area is 228 Å². The molecule has 2 unspecified atom stereocenters. The van der Waals surface area contributed by atoms with Crippen molar-refractivity contribution in [2.75, 3.05) is 0 Å². The highest BCUT2D eigenvalue weighted by molar-refractivity contribution is 9.15. The molecule has 34 heavy (non-hydrogen) atoms. The summed E-state index contributed by atoms with van der Waals surface area (Å²) in [6.45, 7) is 0. The lowest BCUT2D eigenvalue weighted by Gasteiger charge is -2.43. The Hall–Kier alpha value is -2.00. The number of hydrogen-bond acceptors (Lipinski definition) is 4. The van der Waals surface area contributed by atoms with Gasteiger partial charge in [0.1, 0.15) is 17.4 Å². The van der Waals surface area contributed by atoms with Crippen LogP contribution in [-0.4, -0.2) is 11.8 Å². The van der Waals surface area contributed by atoms with E-state index in [-0.39, 0.29) is 5.78 Å². The Morgan fingerprint density at radius 3 is 2.26 bits per heavy atom. The summed E-state index contributed by atoms with van der Waals surface area (Å²) in [4.78, 5) is 27.3. The molecule has 2 atom stereocenters. The summed E-state index contributed by atoms with van der Waals surface area (Å²) in [6.07, 6.45) is 3.55. The van der Waals surface area contributed by atoms with Gasteiger partial charge in [0.05, 0.1) is 5.56 Å². The molecular formula is C26H12Br4O4. The fourth-order valence-electron chi connectivity index (χ4n) is 4.90. The van der Waals surface area contributed by atoms with Crippen LogP contribution < -0.4 is 4.74 Å². The molecule has 2 aliphatic heterocycles. The lowest BCUT2D eigenvalue weighted by atomic mass is 9.68. The van der Waals surface area contributed by atoms with Gasteiger partial charge in [-0.05, 0) is 94.1 Å². The number of carbonyl (C=O) groups excluding carboxylic acids is 2. The van der Waals surface area contributed by atoms with Gasteiger partial charge in [-0.3, -0.25) is 4.79 Å². The molecule has 4 nitrogen and oxygen atoms in total. The minimum absolute atomic E-state index is 0.196. The first-order valence-electron chi connectivity index (χ1n) is 10.2. The van der Waals surface area contributed by atoms with Crippen molar-refractivity contribution >= 4 is 81.0 Å². The van der Waals surface area contributed by atoms with Crippen LogP contribution in [0.15, 0.2) is 90.4 Å². The first-order valence-corrected chi connectivity index (χ1v) is 13.4. The smallest absolute Gasteiger partial charge is 0.339 e. The molecule has 0 saturated heterocycles. The first-order chi connectivity index (χ1) is 16.3. The largest absolute Gasteiger partial charge is 0.460 e. The molecule has 1 aliphatic carbocycles. The summed E-state index contributed by atoms with van der Waals surface area (Å²) in [6, 6.07) is 16.5. The fraction of sp³-hybridized carbons (Fsp3) is 0.0769. The molecule has 0 amide bonds. The maximum Gasteiger partial charge on any atom is 0.339 e. The first kappa shape index (κ1) is 22.5. The highest BCUT2D eigenvalue weighted by Crippen LogP contribution is 2.57. The van der Waals surface area contributed by atoms with E-state index in [1.54, 1.807) is 24.3 Å². The Morgan fingerprint density at radius 1 is 0.765 bits per heavy atom. The lowest BCUT2D eigenvalue weighted by molar-refractivity contribution is -0.124. The van der Waals surface area contributed by atoms with Gasteiger partial charge >= 0.3 is 5.97 Å². The number of hydrogen-bond donors (Lipinski definition) is 0. The molecule has 0 N–H and O–H groups in total. The molecule has 6 rings (SSSR count). The maximum atomic E-state index is 14.3. The fourth-order valence-corrected chi connectivity index (χ4v) is 7.12. The van der Waals surface area contributed by atoms with Gasteiger partial charge in [-0.2, -0.15) is 0 Å². The summed E-state index contributed by atoms with van der Waals surface area (Å²) in [5.41, 5.74) is 1.64. The van der Waals surface area contributed by atoms with E-state index in [2.05, 4.69) is 63.7 Å². The molecule has 0 saturated carbocycles. The van der Waals surface area contributed by atoms with E-state index >= 15 is 0 Å². The van der Waals surface area contributed by atoms with Crippen molar-refractivity contribution in [2.45, 2.75) is 5.60 Å². The number of esters is 1. The second-order valence-electron chi connectivity index (χ2n) is 8.06. The molecule has 0 fully saturated rings. The molecule has 1 spiro atoms. The van der Waals surface area contributed by atoms with Crippen molar-refractivity contribution in [3.8, 4) is 5.75 Å². The van der Waals surface area contributed by atoms with Gasteiger partial charge in [0.2, 0.25) is 0 Å². The Balaban J connectivity index is 1.61. The van der Waals surface area contributed by atoms with Crippen molar-refractivity contribution in [2.24, 2.45) is 5.92 Å². The molecular weight excluding hydrogens is 696 g/mol. The summed E-state index contributed by atoms with van der Waals surface area (Å²) in [7, 11) is 0. The molecule has 2 heterocycles. The van der Waals surface area contributed by atoms with Gasteiger partial charge in [-0.15, -0.1) is 0 Å². The quantitative estimate of drug-likeness (QED) is 0.148. The monoisotopic (exact) mass is 704 g/mol. The Kier molecular flexibility index (Phi) is 5.30. The lowest BCUT2D eigenvalue weighted by Crippen LogP contribution is -2.47. The highest BCUT2D eigenvalue weighted by atomic mass is 79.9. The number of carbonyl (C=O) groups is 2. The maximum absolute atomic E-state index is 14.3. The normalized spacial score (nSPS) is 22.3. The number of benzene rings is 3. The standard InChI is InChI=1S/C26H12Br4O4/c27-17-11-14(21(28)23(30)22(17)29)12-9-10-19-20(24(12)31)26(16-7-3-4-8-18(16)33-19)15-6-2-1-5-13(15)25(32)34-26/h1-11,20H. The Morgan fingerprint density at radius 2 is 1.47 bits per heavy atom. The van der Waals surface area contributed by atoms with Crippen LogP contribution in [0, 0.1) is 5.92 Å². The number of ketones is 1. The van der Waals surface area contributed by atoms with E-state index < -0.39 is 17.5 Å². The second kappa shape index (κ2) is 8.01. The summed E-state index contributed by atoms with van der Waals surface area (Å²) in [5, 5.41) is 0. The van der Waals surface area contributed by atoms with E-state index in [9.17, 15) is 9.59 Å². The molecule has 168 valence electrons. The third kappa shape index (κ3) is 2.98. The zero-order valence-electron chi connectivity index (χ0n) is 17.1. The molecule has 3 aliphatic rings. The van der Waals surface area contributed by atoms with Crippen LogP contribution in [0.25, 0.3) is 5.57 Å². The number of halogens is 4. The van der Waals surface area contributed by atoms with Gasteiger partial charge in [-0.25, -0.2) is 4.79 Å². The van der Waals surface area contributed by atoms with Crippen LogP contribution >= 0.6 is 63.7 Å². The van der Waals surface area contributed by atoms with Crippen molar-refractivity contribution in [3.63, 3.8) is 0 Å². The minimum Gasteiger partial charge on any atom is -0.460 e. The van der Waals surface area contributed by atoms with Crippen LogP contribution in [0.4, 0.5) is 0 Å². The van der Waals surface area contributed by atoms with Crippen LogP contribution in [-0.2, 0) is 15.1 Å². The molecule has 0 aromatic heterocycles. The topological polar surface area (TPSA) is 52.6 Å². The van der Waals surface area contributed by atoms with Gasteiger partial charge in [0.15, 0.2) is 11.4 Å². The number of allylic oxidation sites excluding steroid dienone is 3. The molecule has 3 aromatic carbocycles. The zero-order valence-corrected chi connectivity index (χ0v) is 23.4. The SMILES string of the molecule is O=C1OC2(c3ccccc3OC3=CC=C(c4cc(Br)c(Br)c(Br)c4Br)C(=O)C32)c2ccccc21. The number of rotatable bonds is 1. The van der Waals surface area contributed by atoms with E-state index in [1.807, 2.05) is 42.5 Å². The number of para-hydroxylation sites is 1. The Bertz CT molecular complexity index is 1510. The van der Waals surface area contributed by atoms with E-state index in [1.165, 1.54) is 0 Å². The zero-order chi connectivity index (χ0) is 23.8. The van der Waals surface area contributed by atoms with E-state index in [0.717, 1.165) is 17.9 Å². The average Bonchev–Trinajstić information content (AvgIpc) is 3.13. The minimum atomic E-state index is -1.32. The number of Topliss-reactive ketones (excluding diaryl/α,β-unsaturated/α-hetero) is 1. The van der Waals surface area contributed by atoms with Crippen molar-refractivity contribution in [1.82, 2.24) is 0 Å². The van der Waals surface area contributed by atoms with Crippen LogP contribution in [0.1, 0.15) is 27.0 Å². The third-order valence-corrected chi connectivity index (χ3v) is 11.0. The molecule has 0 bridgehead atoms. The van der Waals surface area contributed by atoms with Crippen LogP contribution in [0.3, 0.4) is 0 Å². The van der Waals surface area contributed by atoms with Crippen molar-refractivity contribution < 1.29 is 19.1 Å². The molecule has 3 aromatic rings. The van der Waals surface area contributed by atoms with E-state index in [0.29, 0.717) is 39.3 Å². The van der Waals surface area contributed by atoms with Gasteiger partial charge in [-0.1, -0.05) is 36.4 Å². The number of fused-ring (bicyclic) bond motifs is 6. The highest BCUT2D eigenvalue weighted by Gasteiger charge is 2.61. The van der Waals surface area contributed by atoms with Crippen molar-refractivity contribution in [3.05, 3.63) is 113 Å². The van der Waals surface area contributed by atoms with Crippen LogP contribution in [0.2, 0.25) is 0 Å². The summed E-state index contributed by atoms with van der Waals surface area (Å²) < 4.78 is 15.5. The molecule has 8 heteroatoms. The summed E-state index contributed by atoms with van der Waals surface area (Å²) in [5.74, 6) is -0.509. The van der Waals surface area contributed by atoms with Crippen molar-refractivity contribution in [1.29, 1.82) is 0 Å². The second-order valence-corrected chi connectivity index (χ2v) is 11.3. The van der Waals surface area contributed by atoms with Crippen LogP contribution in [0.5, 0.6) is 5.75 Å².